The number of amides is 2. The molecule has 0 fully saturated rings. The summed E-state index contributed by atoms with van der Waals surface area (Å²) in [5, 5.41) is 7.93. The number of carbonyl (C=O) groups excluding carboxylic acids is 2. The Hall–Kier alpha value is -1.89. The van der Waals surface area contributed by atoms with Gasteiger partial charge in [-0.15, -0.1) is 11.3 Å². The average Bonchev–Trinajstić information content (AvgIpc) is 3.02. The Labute approximate surface area is 150 Å². The summed E-state index contributed by atoms with van der Waals surface area (Å²) in [6.07, 6.45) is 0. The van der Waals surface area contributed by atoms with E-state index in [2.05, 4.69) is 15.5 Å². The lowest BCUT2D eigenvalue weighted by molar-refractivity contribution is -0.114. The molecule has 24 heavy (non-hydrogen) atoms. The minimum absolute atomic E-state index is 0.0891. The zero-order valence-corrected chi connectivity index (χ0v) is 15.4. The first kappa shape index (κ1) is 18.4. The zero-order valence-electron chi connectivity index (χ0n) is 13.8. The smallest absolute Gasteiger partial charge is 0.252 e. The molecule has 0 aliphatic carbocycles. The zero-order chi connectivity index (χ0) is 17.7. The molecular formula is C17H20ClN3O2S. The Morgan fingerprint density at radius 3 is 2.62 bits per heavy atom. The van der Waals surface area contributed by atoms with E-state index in [0.717, 1.165) is 0 Å². The summed E-state index contributed by atoms with van der Waals surface area (Å²) < 4.78 is 0. The van der Waals surface area contributed by atoms with Gasteiger partial charge >= 0.3 is 0 Å². The second-order valence-electron chi connectivity index (χ2n) is 5.58. The molecule has 1 aromatic carbocycles. The van der Waals surface area contributed by atoms with Crippen molar-refractivity contribution in [2.75, 3.05) is 26.0 Å². The van der Waals surface area contributed by atoms with Crippen LogP contribution in [0.5, 0.6) is 0 Å². The molecule has 2 N–H and O–H groups in total. The summed E-state index contributed by atoms with van der Waals surface area (Å²) in [5.41, 5.74) is 0.881. The number of halogens is 1. The predicted molar refractivity (Wildman–Crippen MR) is 98.8 cm³/mol. The van der Waals surface area contributed by atoms with Crippen molar-refractivity contribution in [3.8, 4) is 0 Å². The minimum atomic E-state index is -0.268. The third kappa shape index (κ3) is 4.80. The molecule has 0 unspecified atom stereocenters. The van der Waals surface area contributed by atoms with E-state index in [1.807, 2.05) is 31.6 Å². The van der Waals surface area contributed by atoms with Crippen LogP contribution in [-0.4, -0.2) is 37.4 Å². The molecule has 0 saturated carbocycles. The van der Waals surface area contributed by atoms with Crippen LogP contribution >= 0.6 is 22.9 Å². The highest BCUT2D eigenvalue weighted by molar-refractivity contribution is 7.10. The number of anilines is 1. The molecule has 0 radical (unpaired) electrons. The normalized spacial score (nSPS) is 12.0. The lowest BCUT2D eigenvalue weighted by Crippen LogP contribution is -2.34. The van der Waals surface area contributed by atoms with Gasteiger partial charge in [-0.2, -0.15) is 0 Å². The number of carbonyl (C=O) groups is 2. The molecule has 5 nitrogen and oxygen atoms in total. The fourth-order valence-electron chi connectivity index (χ4n) is 2.28. The Morgan fingerprint density at radius 2 is 2.04 bits per heavy atom. The van der Waals surface area contributed by atoms with Crippen LogP contribution in [0.15, 0.2) is 35.7 Å². The standard InChI is InChI=1S/C17H20ClN3O2S/c1-11(22)20-12-6-7-14(18)13(9-12)17(23)19-10-15(21(2)3)16-5-4-8-24-16/h4-9,15H,10H2,1-3H3,(H,19,23)(H,20,22)/t15-/m0/s1. The van der Waals surface area contributed by atoms with Gasteiger partial charge in [0.25, 0.3) is 5.91 Å². The molecule has 0 saturated heterocycles. The SMILES string of the molecule is CC(=O)Nc1ccc(Cl)c(C(=O)NC[C@@H](c2cccs2)N(C)C)c1. The van der Waals surface area contributed by atoms with Crippen molar-refractivity contribution >= 4 is 40.4 Å². The van der Waals surface area contributed by atoms with Crippen molar-refractivity contribution in [1.29, 1.82) is 0 Å². The van der Waals surface area contributed by atoms with Crippen LogP contribution in [0, 0.1) is 0 Å². The van der Waals surface area contributed by atoms with Gasteiger partial charge in [-0.05, 0) is 43.7 Å². The van der Waals surface area contributed by atoms with E-state index in [0.29, 0.717) is 22.8 Å². The molecule has 0 spiro atoms. The number of nitrogens with zero attached hydrogens (tertiary/aromatic N) is 1. The lowest BCUT2D eigenvalue weighted by atomic mass is 10.1. The summed E-state index contributed by atoms with van der Waals surface area (Å²) in [6.45, 7) is 1.88. The molecular weight excluding hydrogens is 346 g/mol. The van der Waals surface area contributed by atoms with Gasteiger partial charge in [0.1, 0.15) is 0 Å². The number of likely N-dealkylation sites (N-methyl/N-ethyl adjacent to an activating group) is 1. The van der Waals surface area contributed by atoms with Gasteiger partial charge in [0.2, 0.25) is 5.91 Å². The molecule has 0 bridgehead atoms. The van der Waals surface area contributed by atoms with E-state index in [1.165, 1.54) is 11.8 Å². The second-order valence-corrected chi connectivity index (χ2v) is 6.97. The first-order valence-electron chi connectivity index (χ1n) is 7.43. The van der Waals surface area contributed by atoms with Gasteiger partial charge in [0.15, 0.2) is 0 Å². The Balaban J connectivity index is 2.10. The topological polar surface area (TPSA) is 61.4 Å². The first-order valence-corrected chi connectivity index (χ1v) is 8.69. The van der Waals surface area contributed by atoms with Gasteiger partial charge in [0.05, 0.1) is 16.6 Å². The molecule has 128 valence electrons. The summed E-state index contributed by atoms with van der Waals surface area (Å²) in [4.78, 5) is 26.9. The lowest BCUT2D eigenvalue weighted by Gasteiger charge is -2.23. The maximum atomic E-state index is 12.5. The summed E-state index contributed by atoms with van der Waals surface area (Å²) in [5.74, 6) is -0.468. The molecule has 7 heteroatoms. The van der Waals surface area contributed by atoms with Gasteiger partial charge in [-0.1, -0.05) is 17.7 Å². The molecule has 2 aromatic rings. The van der Waals surface area contributed by atoms with Crippen LogP contribution in [0.2, 0.25) is 5.02 Å². The third-order valence-corrected chi connectivity index (χ3v) is 4.79. The van der Waals surface area contributed by atoms with Gasteiger partial charge in [-0.3, -0.25) is 9.59 Å². The molecule has 2 amide bonds. The number of thiophene rings is 1. The summed E-state index contributed by atoms with van der Waals surface area (Å²) in [7, 11) is 3.95. The molecule has 2 rings (SSSR count). The number of hydrogen-bond donors (Lipinski definition) is 2. The van der Waals surface area contributed by atoms with E-state index in [-0.39, 0.29) is 17.9 Å². The Bertz CT molecular complexity index is 717. The summed E-state index contributed by atoms with van der Waals surface area (Å²) >= 11 is 7.78. The highest BCUT2D eigenvalue weighted by Gasteiger charge is 2.18. The fraction of sp³-hybridized carbons (Fsp3) is 0.294. The van der Waals surface area contributed by atoms with Crippen molar-refractivity contribution in [2.24, 2.45) is 0 Å². The molecule has 1 atom stereocenters. The van der Waals surface area contributed by atoms with Crippen molar-refractivity contribution < 1.29 is 9.59 Å². The Kier molecular flexibility index (Phi) is 6.36. The Morgan fingerprint density at radius 1 is 1.29 bits per heavy atom. The van der Waals surface area contributed by atoms with E-state index >= 15 is 0 Å². The maximum absolute atomic E-state index is 12.5. The van der Waals surface area contributed by atoms with Gasteiger partial charge in [0, 0.05) is 24.0 Å². The summed E-state index contributed by atoms with van der Waals surface area (Å²) in [6, 6.07) is 8.97. The number of hydrogen-bond acceptors (Lipinski definition) is 4. The monoisotopic (exact) mass is 365 g/mol. The third-order valence-electron chi connectivity index (χ3n) is 3.48. The first-order chi connectivity index (χ1) is 11.4. The van der Waals surface area contributed by atoms with Crippen LogP contribution in [0.1, 0.15) is 28.2 Å². The maximum Gasteiger partial charge on any atom is 0.252 e. The molecule has 0 aliphatic heterocycles. The van der Waals surface area contributed by atoms with Crippen LogP contribution in [-0.2, 0) is 4.79 Å². The highest BCUT2D eigenvalue weighted by atomic mass is 35.5. The predicted octanol–water partition coefficient (Wildman–Crippen LogP) is 3.39. The highest BCUT2D eigenvalue weighted by Crippen LogP contribution is 2.24. The van der Waals surface area contributed by atoms with Crippen molar-refractivity contribution in [2.45, 2.75) is 13.0 Å². The van der Waals surface area contributed by atoms with Crippen LogP contribution in [0.4, 0.5) is 5.69 Å². The van der Waals surface area contributed by atoms with E-state index in [9.17, 15) is 9.59 Å². The average molecular weight is 366 g/mol. The minimum Gasteiger partial charge on any atom is -0.350 e. The van der Waals surface area contributed by atoms with E-state index in [4.69, 9.17) is 11.6 Å². The van der Waals surface area contributed by atoms with Gasteiger partial charge in [-0.25, -0.2) is 0 Å². The molecule has 1 heterocycles. The van der Waals surface area contributed by atoms with Crippen molar-refractivity contribution in [3.05, 3.63) is 51.2 Å². The molecule has 1 aromatic heterocycles. The number of rotatable bonds is 6. The van der Waals surface area contributed by atoms with Crippen LogP contribution in [0.3, 0.4) is 0 Å². The molecule has 0 aliphatic rings. The van der Waals surface area contributed by atoms with Crippen LogP contribution in [0.25, 0.3) is 0 Å². The van der Waals surface area contributed by atoms with Crippen LogP contribution < -0.4 is 10.6 Å². The van der Waals surface area contributed by atoms with Crippen molar-refractivity contribution in [1.82, 2.24) is 10.2 Å². The van der Waals surface area contributed by atoms with E-state index in [1.54, 1.807) is 29.5 Å². The fourth-order valence-corrected chi connectivity index (χ4v) is 3.41. The number of nitrogens with one attached hydrogen (secondary N) is 2. The van der Waals surface area contributed by atoms with Crippen molar-refractivity contribution in [3.63, 3.8) is 0 Å². The largest absolute Gasteiger partial charge is 0.350 e. The van der Waals surface area contributed by atoms with E-state index < -0.39 is 0 Å². The van der Waals surface area contributed by atoms with Gasteiger partial charge < -0.3 is 15.5 Å². The number of benzene rings is 1. The second kappa shape index (κ2) is 8.28. The quantitative estimate of drug-likeness (QED) is 0.824.